The Kier molecular flexibility index (Phi) is 11.2. The van der Waals surface area contributed by atoms with Gasteiger partial charge in [0, 0.05) is 25.0 Å². The van der Waals surface area contributed by atoms with Crippen molar-refractivity contribution in [1.82, 2.24) is 10.2 Å². The zero-order valence-electron chi connectivity index (χ0n) is 23.9. The highest BCUT2D eigenvalue weighted by atomic mass is 35.5. The smallest absolute Gasteiger partial charge is 0.264 e. The van der Waals surface area contributed by atoms with Crippen molar-refractivity contribution in [2.75, 3.05) is 25.0 Å². The first-order chi connectivity index (χ1) is 21.0. The molecule has 230 valence electrons. The summed E-state index contributed by atoms with van der Waals surface area (Å²) >= 11 is 18.7. The second-order valence-electron chi connectivity index (χ2n) is 9.76. The number of sulfonamides is 1. The molecule has 8 nitrogen and oxygen atoms in total. The summed E-state index contributed by atoms with van der Waals surface area (Å²) in [6, 6.07) is 25.2. The number of methoxy groups -OCH3 is 1. The molecular weight excluding hydrogens is 645 g/mol. The Morgan fingerprint density at radius 1 is 0.841 bits per heavy atom. The van der Waals surface area contributed by atoms with E-state index < -0.39 is 34.4 Å². The molecule has 0 heterocycles. The average molecular weight is 675 g/mol. The van der Waals surface area contributed by atoms with Crippen LogP contribution in [0.15, 0.2) is 102 Å². The highest BCUT2D eigenvalue weighted by molar-refractivity contribution is 7.92. The molecule has 1 atom stereocenters. The van der Waals surface area contributed by atoms with E-state index in [1.54, 1.807) is 36.4 Å². The van der Waals surface area contributed by atoms with Crippen molar-refractivity contribution in [2.45, 2.75) is 23.9 Å². The van der Waals surface area contributed by atoms with E-state index in [2.05, 4.69) is 5.32 Å². The number of likely N-dealkylation sites (N-methyl/N-ethyl adjacent to an activating group) is 1. The molecular formula is C32H30Cl3N3O5S. The molecule has 0 saturated heterocycles. The molecule has 0 aromatic heterocycles. The predicted octanol–water partition coefficient (Wildman–Crippen LogP) is 6.24. The van der Waals surface area contributed by atoms with Crippen LogP contribution in [-0.4, -0.2) is 51.9 Å². The van der Waals surface area contributed by atoms with Crippen LogP contribution in [0.2, 0.25) is 15.1 Å². The lowest BCUT2D eigenvalue weighted by atomic mass is 10.0. The maximum Gasteiger partial charge on any atom is 0.264 e. The van der Waals surface area contributed by atoms with Crippen molar-refractivity contribution in [3.63, 3.8) is 0 Å². The zero-order valence-corrected chi connectivity index (χ0v) is 27.0. The van der Waals surface area contributed by atoms with Gasteiger partial charge in [-0.3, -0.25) is 13.9 Å². The van der Waals surface area contributed by atoms with E-state index in [0.29, 0.717) is 16.3 Å². The molecule has 0 aliphatic rings. The van der Waals surface area contributed by atoms with E-state index in [0.717, 1.165) is 9.87 Å². The van der Waals surface area contributed by atoms with E-state index in [9.17, 15) is 18.0 Å². The fraction of sp³-hybridized carbons (Fsp3) is 0.188. The van der Waals surface area contributed by atoms with Gasteiger partial charge in [0.25, 0.3) is 10.0 Å². The summed E-state index contributed by atoms with van der Waals surface area (Å²) in [6.07, 6.45) is 0.177. The lowest BCUT2D eigenvalue weighted by Gasteiger charge is -2.33. The number of rotatable bonds is 12. The SMILES string of the molecule is CNC(=O)C(Cc1ccccc1)N(Cc1ccc(Cl)c(Cl)c1)C(=O)CN(c1cccc(Cl)c1)S(=O)(=O)c1ccc(OC)cc1. The van der Waals surface area contributed by atoms with E-state index in [1.165, 1.54) is 49.4 Å². The summed E-state index contributed by atoms with van der Waals surface area (Å²) in [5.74, 6) is -0.580. The Bertz CT molecular complexity index is 1720. The molecule has 2 amide bonds. The minimum atomic E-state index is -4.29. The molecule has 4 aromatic carbocycles. The largest absolute Gasteiger partial charge is 0.497 e. The maximum atomic E-state index is 14.3. The van der Waals surface area contributed by atoms with E-state index >= 15 is 0 Å². The number of hydrogen-bond donors (Lipinski definition) is 1. The number of nitrogens with zero attached hydrogens (tertiary/aromatic N) is 2. The molecule has 12 heteroatoms. The molecule has 4 rings (SSSR count). The third-order valence-electron chi connectivity index (χ3n) is 6.88. The Balaban J connectivity index is 1.80. The standard InChI is InChI=1S/C32H30Cl3N3O5S/c1-36-32(40)30(18-22-7-4-3-5-8-22)37(20-23-11-16-28(34)29(35)17-23)31(39)21-38(25-10-6-9-24(33)19-25)44(41,42)27-14-12-26(43-2)13-15-27/h3-17,19,30H,18,20-21H2,1-2H3,(H,36,40). The van der Waals surface area contributed by atoms with Gasteiger partial charge in [-0.05, 0) is 65.7 Å². The molecule has 0 saturated carbocycles. The van der Waals surface area contributed by atoms with Gasteiger partial charge >= 0.3 is 0 Å². The molecule has 1 N–H and O–H groups in total. The number of carbonyl (C=O) groups is 2. The number of anilines is 1. The van der Waals surface area contributed by atoms with Crippen LogP contribution in [0.25, 0.3) is 0 Å². The lowest BCUT2D eigenvalue weighted by molar-refractivity contribution is -0.139. The highest BCUT2D eigenvalue weighted by Crippen LogP contribution is 2.29. The summed E-state index contributed by atoms with van der Waals surface area (Å²) < 4.78 is 34.3. The molecule has 0 radical (unpaired) electrons. The second-order valence-corrected chi connectivity index (χ2v) is 12.9. The lowest BCUT2D eigenvalue weighted by Crippen LogP contribution is -2.53. The maximum absolute atomic E-state index is 14.3. The minimum absolute atomic E-state index is 0.0490. The van der Waals surface area contributed by atoms with Crippen LogP contribution in [-0.2, 0) is 32.6 Å². The Morgan fingerprint density at radius 2 is 1.55 bits per heavy atom. The number of amides is 2. The fourth-order valence-electron chi connectivity index (χ4n) is 4.59. The normalized spacial score (nSPS) is 11.8. The summed E-state index contributed by atoms with van der Waals surface area (Å²) in [7, 11) is -1.33. The van der Waals surface area contributed by atoms with Gasteiger partial charge in [0.05, 0.1) is 27.7 Å². The monoisotopic (exact) mass is 673 g/mol. The van der Waals surface area contributed by atoms with Crippen molar-refractivity contribution in [2.24, 2.45) is 0 Å². The second kappa shape index (κ2) is 14.8. The molecule has 4 aromatic rings. The third-order valence-corrected chi connectivity index (χ3v) is 9.64. The molecule has 44 heavy (non-hydrogen) atoms. The van der Waals surface area contributed by atoms with Gasteiger partial charge in [-0.15, -0.1) is 0 Å². The number of hydrogen-bond acceptors (Lipinski definition) is 5. The fourth-order valence-corrected chi connectivity index (χ4v) is 6.50. The van der Waals surface area contributed by atoms with Crippen LogP contribution in [0, 0.1) is 0 Å². The van der Waals surface area contributed by atoms with E-state index in [4.69, 9.17) is 39.5 Å². The van der Waals surface area contributed by atoms with Gasteiger partial charge in [-0.2, -0.15) is 0 Å². The molecule has 0 bridgehead atoms. The Hall–Kier alpha value is -3.76. The topological polar surface area (TPSA) is 96.0 Å². The van der Waals surface area contributed by atoms with Crippen molar-refractivity contribution in [1.29, 1.82) is 0 Å². The van der Waals surface area contributed by atoms with Gasteiger partial charge < -0.3 is 15.0 Å². The molecule has 1 unspecified atom stereocenters. The quantitative estimate of drug-likeness (QED) is 0.192. The van der Waals surface area contributed by atoms with Gasteiger partial charge in [0.1, 0.15) is 18.3 Å². The summed E-state index contributed by atoms with van der Waals surface area (Å²) in [5.41, 5.74) is 1.59. The minimum Gasteiger partial charge on any atom is -0.497 e. The number of halogens is 3. The number of ether oxygens (including phenoxy) is 1. The van der Waals surface area contributed by atoms with Crippen molar-refractivity contribution in [3.8, 4) is 5.75 Å². The van der Waals surface area contributed by atoms with Crippen molar-refractivity contribution < 1.29 is 22.7 Å². The van der Waals surface area contributed by atoms with Gasteiger partial charge in [-0.25, -0.2) is 8.42 Å². The van der Waals surface area contributed by atoms with Crippen molar-refractivity contribution >= 4 is 62.3 Å². The van der Waals surface area contributed by atoms with Crippen LogP contribution < -0.4 is 14.4 Å². The third kappa shape index (κ3) is 8.04. The van der Waals surface area contributed by atoms with Gasteiger partial charge in [0.2, 0.25) is 11.8 Å². The van der Waals surface area contributed by atoms with Crippen LogP contribution in [0.1, 0.15) is 11.1 Å². The zero-order chi connectivity index (χ0) is 31.9. The van der Waals surface area contributed by atoms with Gasteiger partial charge in [0.15, 0.2) is 0 Å². The first-order valence-electron chi connectivity index (χ1n) is 13.4. The molecule has 0 aliphatic heterocycles. The number of carbonyl (C=O) groups excluding carboxylic acids is 2. The number of benzene rings is 4. The summed E-state index contributed by atoms with van der Waals surface area (Å²) in [4.78, 5) is 29.0. The number of nitrogens with one attached hydrogen (secondary N) is 1. The molecule has 0 aliphatic carbocycles. The Labute approximate surface area is 272 Å². The first-order valence-corrected chi connectivity index (χ1v) is 16.0. The van der Waals surface area contributed by atoms with Crippen molar-refractivity contribution in [3.05, 3.63) is 123 Å². The van der Waals surface area contributed by atoms with E-state index in [1.807, 2.05) is 30.3 Å². The highest BCUT2D eigenvalue weighted by Gasteiger charge is 2.34. The average Bonchev–Trinajstić information content (AvgIpc) is 3.03. The summed E-state index contributed by atoms with van der Waals surface area (Å²) in [6.45, 7) is -0.676. The summed E-state index contributed by atoms with van der Waals surface area (Å²) in [5, 5.41) is 3.54. The molecule has 0 spiro atoms. The predicted molar refractivity (Wildman–Crippen MR) is 174 cm³/mol. The van der Waals surface area contributed by atoms with Crippen LogP contribution in [0.3, 0.4) is 0 Å². The Morgan fingerprint density at radius 3 is 2.16 bits per heavy atom. The van der Waals surface area contributed by atoms with Crippen LogP contribution in [0.5, 0.6) is 5.75 Å². The van der Waals surface area contributed by atoms with Crippen LogP contribution in [0.4, 0.5) is 5.69 Å². The van der Waals surface area contributed by atoms with Crippen LogP contribution >= 0.6 is 34.8 Å². The van der Waals surface area contributed by atoms with Gasteiger partial charge in [-0.1, -0.05) is 77.3 Å². The first kappa shape index (κ1) is 33.1. The molecule has 0 fully saturated rings. The van der Waals surface area contributed by atoms with E-state index in [-0.39, 0.29) is 33.6 Å².